The predicted molar refractivity (Wildman–Crippen MR) is 82.0 cm³/mol. The van der Waals surface area contributed by atoms with Crippen molar-refractivity contribution in [3.05, 3.63) is 51.5 Å². The van der Waals surface area contributed by atoms with E-state index in [1.54, 1.807) is 18.2 Å². The van der Waals surface area contributed by atoms with E-state index in [1.807, 2.05) is 0 Å². The Labute approximate surface area is 129 Å². The number of nitro groups is 1. The number of anilines is 2. The van der Waals surface area contributed by atoms with Crippen LogP contribution in [-0.2, 0) is 0 Å². The van der Waals surface area contributed by atoms with Gasteiger partial charge in [0.2, 0.25) is 0 Å². The zero-order valence-electron chi connectivity index (χ0n) is 11.4. The average molecular weight is 320 g/mol. The third-order valence-corrected chi connectivity index (χ3v) is 3.22. The molecule has 112 valence electrons. The second-order valence-corrected chi connectivity index (χ2v) is 4.83. The first-order valence-corrected chi connectivity index (χ1v) is 6.60. The quantitative estimate of drug-likeness (QED) is 0.574. The highest BCUT2D eigenvalue weighted by molar-refractivity contribution is 6.31. The van der Waals surface area contributed by atoms with Crippen LogP contribution in [0.1, 0.15) is 0 Å². The van der Waals surface area contributed by atoms with Crippen molar-refractivity contribution in [2.75, 3.05) is 12.4 Å². The van der Waals surface area contributed by atoms with Crippen LogP contribution in [-0.4, -0.2) is 17.0 Å². The standard InChI is InChI=1S/C14H10ClN3O4/c1-21-13-7-9(18(19)20)3-4-10(13)16-14-17-11-6-8(15)2-5-12(11)22-14/h2-7H,1H3,(H,16,17). The number of non-ortho nitro benzene ring substituents is 1. The fourth-order valence-corrected chi connectivity index (χ4v) is 2.13. The number of methoxy groups -OCH3 is 1. The molecule has 0 aliphatic heterocycles. The molecule has 0 radical (unpaired) electrons. The van der Waals surface area contributed by atoms with Crippen molar-refractivity contribution < 1.29 is 14.1 Å². The van der Waals surface area contributed by atoms with Crippen LogP contribution in [0.15, 0.2) is 40.8 Å². The number of hydrogen-bond donors (Lipinski definition) is 1. The Bertz CT molecular complexity index is 862. The SMILES string of the molecule is COc1cc([N+](=O)[O-])ccc1Nc1nc2cc(Cl)ccc2o1. The van der Waals surface area contributed by atoms with Crippen LogP contribution in [0, 0.1) is 10.1 Å². The molecule has 1 N–H and O–H groups in total. The highest BCUT2D eigenvalue weighted by Crippen LogP contribution is 2.32. The summed E-state index contributed by atoms with van der Waals surface area (Å²) in [4.78, 5) is 14.5. The van der Waals surface area contributed by atoms with Gasteiger partial charge >= 0.3 is 0 Å². The minimum atomic E-state index is -0.492. The molecule has 7 nitrogen and oxygen atoms in total. The van der Waals surface area contributed by atoms with E-state index in [4.69, 9.17) is 20.8 Å². The van der Waals surface area contributed by atoms with Crippen LogP contribution in [0.25, 0.3) is 11.1 Å². The number of aromatic nitrogens is 1. The summed E-state index contributed by atoms with van der Waals surface area (Å²) in [5, 5.41) is 14.3. The van der Waals surface area contributed by atoms with Crippen LogP contribution in [0.4, 0.5) is 17.4 Å². The second-order valence-electron chi connectivity index (χ2n) is 4.40. The second kappa shape index (κ2) is 5.53. The van der Waals surface area contributed by atoms with Crippen LogP contribution in [0.3, 0.4) is 0 Å². The monoisotopic (exact) mass is 319 g/mol. The maximum absolute atomic E-state index is 10.8. The summed E-state index contributed by atoms with van der Waals surface area (Å²) in [5.41, 5.74) is 1.63. The number of ether oxygens (including phenoxy) is 1. The van der Waals surface area contributed by atoms with Gasteiger partial charge in [0.1, 0.15) is 11.3 Å². The van der Waals surface area contributed by atoms with E-state index in [1.165, 1.54) is 25.3 Å². The average Bonchev–Trinajstić information content (AvgIpc) is 2.88. The zero-order chi connectivity index (χ0) is 15.7. The Kier molecular flexibility index (Phi) is 3.56. The number of oxazole rings is 1. The number of fused-ring (bicyclic) bond motifs is 1. The molecule has 0 saturated heterocycles. The molecule has 0 saturated carbocycles. The lowest BCUT2D eigenvalue weighted by Gasteiger charge is -2.07. The summed E-state index contributed by atoms with van der Waals surface area (Å²) in [6, 6.07) is 9.54. The highest BCUT2D eigenvalue weighted by atomic mass is 35.5. The predicted octanol–water partition coefficient (Wildman–Crippen LogP) is 4.14. The van der Waals surface area contributed by atoms with Crippen molar-refractivity contribution in [2.24, 2.45) is 0 Å². The van der Waals surface area contributed by atoms with Crippen LogP contribution in [0.2, 0.25) is 5.02 Å². The number of nitro benzene ring substituents is 1. The molecule has 3 aromatic rings. The molecule has 0 aliphatic rings. The van der Waals surface area contributed by atoms with E-state index in [9.17, 15) is 10.1 Å². The summed E-state index contributed by atoms with van der Waals surface area (Å²) in [7, 11) is 1.43. The lowest BCUT2D eigenvalue weighted by Crippen LogP contribution is -1.96. The maximum Gasteiger partial charge on any atom is 0.300 e. The third kappa shape index (κ3) is 2.66. The topological polar surface area (TPSA) is 90.4 Å². The summed E-state index contributed by atoms with van der Waals surface area (Å²) in [5.74, 6) is 0.314. The van der Waals surface area contributed by atoms with Crippen LogP contribution < -0.4 is 10.1 Å². The molecule has 3 rings (SSSR count). The van der Waals surface area contributed by atoms with Crippen LogP contribution in [0.5, 0.6) is 5.75 Å². The van der Waals surface area contributed by atoms with Gasteiger partial charge in [-0.15, -0.1) is 0 Å². The Morgan fingerprint density at radius 2 is 2.14 bits per heavy atom. The Balaban J connectivity index is 1.95. The minimum absolute atomic E-state index is 0.0632. The molecule has 0 unspecified atom stereocenters. The van der Waals surface area contributed by atoms with Gasteiger partial charge < -0.3 is 14.5 Å². The molecular formula is C14H10ClN3O4. The molecule has 1 aromatic heterocycles. The molecule has 8 heteroatoms. The van der Waals surface area contributed by atoms with Crippen molar-refractivity contribution in [2.45, 2.75) is 0 Å². The molecule has 1 heterocycles. The number of halogens is 1. The van der Waals surface area contributed by atoms with E-state index in [0.29, 0.717) is 27.6 Å². The fourth-order valence-electron chi connectivity index (χ4n) is 1.97. The molecule has 0 spiro atoms. The van der Waals surface area contributed by atoms with Gasteiger partial charge in [0, 0.05) is 11.1 Å². The summed E-state index contributed by atoms with van der Waals surface area (Å²) in [6.07, 6.45) is 0. The van der Waals surface area contributed by atoms with Gasteiger partial charge in [-0.3, -0.25) is 10.1 Å². The summed E-state index contributed by atoms with van der Waals surface area (Å²) in [6.45, 7) is 0. The first kappa shape index (κ1) is 14.2. The summed E-state index contributed by atoms with van der Waals surface area (Å²) >= 11 is 5.90. The minimum Gasteiger partial charge on any atom is -0.494 e. The van der Waals surface area contributed by atoms with Crippen LogP contribution >= 0.6 is 11.6 Å². The van der Waals surface area contributed by atoms with Gasteiger partial charge in [0.15, 0.2) is 5.58 Å². The van der Waals surface area contributed by atoms with E-state index in [0.717, 1.165) is 0 Å². The number of rotatable bonds is 4. The normalized spacial score (nSPS) is 10.6. The highest BCUT2D eigenvalue weighted by Gasteiger charge is 2.13. The Morgan fingerprint density at radius 3 is 2.86 bits per heavy atom. The van der Waals surface area contributed by atoms with E-state index >= 15 is 0 Å². The van der Waals surface area contributed by atoms with Gasteiger partial charge in [-0.05, 0) is 24.3 Å². The first-order chi connectivity index (χ1) is 10.6. The molecule has 0 fully saturated rings. The fraction of sp³-hybridized carbons (Fsp3) is 0.0714. The van der Waals surface area contributed by atoms with Crippen molar-refractivity contribution in [1.29, 1.82) is 0 Å². The largest absolute Gasteiger partial charge is 0.494 e. The molecule has 0 atom stereocenters. The Hall–Kier alpha value is -2.80. The molecule has 22 heavy (non-hydrogen) atoms. The van der Waals surface area contributed by atoms with Crippen molar-refractivity contribution in [1.82, 2.24) is 4.98 Å². The molecule has 0 amide bonds. The number of benzene rings is 2. The van der Waals surface area contributed by atoms with Crippen molar-refractivity contribution in [3.63, 3.8) is 0 Å². The van der Waals surface area contributed by atoms with E-state index < -0.39 is 4.92 Å². The Morgan fingerprint density at radius 1 is 1.32 bits per heavy atom. The van der Waals surface area contributed by atoms with Gasteiger partial charge in [0.25, 0.3) is 11.7 Å². The first-order valence-electron chi connectivity index (χ1n) is 6.22. The number of hydrogen-bond acceptors (Lipinski definition) is 6. The van der Waals surface area contributed by atoms with Crippen molar-refractivity contribution in [3.8, 4) is 5.75 Å². The van der Waals surface area contributed by atoms with E-state index in [2.05, 4.69) is 10.3 Å². The van der Waals surface area contributed by atoms with Gasteiger partial charge in [-0.25, -0.2) is 0 Å². The van der Waals surface area contributed by atoms with Gasteiger partial charge in [0.05, 0.1) is 23.8 Å². The lowest BCUT2D eigenvalue weighted by molar-refractivity contribution is -0.384. The molecular weight excluding hydrogens is 310 g/mol. The van der Waals surface area contributed by atoms with E-state index in [-0.39, 0.29) is 11.7 Å². The van der Waals surface area contributed by atoms with Gasteiger partial charge in [-0.1, -0.05) is 11.6 Å². The zero-order valence-corrected chi connectivity index (χ0v) is 12.1. The smallest absolute Gasteiger partial charge is 0.300 e. The molecule has 0 aliphatic carbocycles. The summed E-state index contributed by atoms with van der Waals surface area (Å²) < 4.78 is 10.7. The lowest BCUT2D eigenvalue weighted by atomic mass is 10.2. The third-order valence-electron chi connectivity index (χ3n) is 2.99. The maximum atomic E-state index is 10.8. The van der Waals surface area contributed by atoms with Gasteiger partial charge in [-0.2, -0.15) is 4.98 Å². The molecule has 0 bridgehead atoms. The van der Waals surface area contributed by atoms with Crippen molar-refractivity contribution >= 4 is 40.1 Å². The number of nitrogens with one attached hydrogen (secondary N) is 1. The number of nitrogens with zero attached hydrogens (tertiary/aromatic N) is 2. The molecule has 2 aromatic carbocycles.